The number of benzene rings is 1. The van der Waals surface area contributed by atoms with Gasteiger partial charge in [0, 0.05) is 18.1 Å². The number of nitrogens with zero attached hydrogens (tertiary/aromatic N) is 3. The average Bonchev–Trinajstić information content (AvgIpc) is 2.94. The minimum absolute atomic E-state index is 0.179. The van der Waals surface area contributed by atoms with Gasteiger partial charge in [-0.15, -0.1) is 0 Å². The first-order valence-corrected chi connectivity index (χ1v) is 7.30. The summed E-state index contributed by atoms with van der Waals surface area (Å²) in [6, 6.07) is 8.74. The molecule has 0 saturated heterocycles. The van der Waals surface area contributed by atoms with Crippen LogP contribution in [0, 0.1) is 6.92 Å². The lowest BCUT2D eigenvalue weighted by atomic mass is 10.1. The Kier molecular flexibility index (Phi) is 4.18. The molecule has 1 unspecified atom stereocenters. The van der Waals surface area contributed by atoms with Gasteiger partial charge >= 0.3 is 0 Å². The van der Waals surface area contributed by atoms with Gasteiger partial charge in [0.2, 0.25) is 5.95 Å². The van der Waals surface area contributed by atoms with Crippen LogP contribution in [-0.4, -0.2) is 28.6 Å². The Morgan fingerprint density at radius 1 is 1.23 bits per heavy atom. The van der Waals surface area contributed by atoms with Gasteiger partial charge in [0.15, 0.2) is 0 Å². The predicted molar refractivity (Wildman–Crippen MR) is 86.2 cm³/mol. The molecule has 3 rings (SSSR count). The molecule has 0 amide bonds. The zero-order valence-corrected chi connectivity index (χ0v) is 12.5. The van der Waals surface area contributed by atoms with E-state index in [-0.39, 0.29) is 6.04 Å². The van der Waals surface area contributed by atoms with Gasteiger partial charge in [0.05, 0.1) is 6.04 Å². The zero-order valence-electron chi connectivity index (χ0n) is 12.5. The number of hydrogen-bond acceptors (Lipinski definition) is 6. The Labute approximate surface area is 129 Å². The van der Waals surface area contributed by atoms with E-state index in [1.807, 2.05) is 19.1 Å². The van der Waals surface area contributed by atoms with E-state index in [1.165, 1.54) is 5.56 Å². The van der Waals surface area contributed by atoms with Crippen LogP contribution in [-0.2, 0) is 11.2 Å². The summed E-state index contributed by atoms with van der Waals surface area (Å²) in [5.74, 6) is 0.603. The zero-order chi connectivity index (χ0) is 15.4. The van der Waals surface area contributed by atoms with Crippen molar-refractivity contribution in [3.8, 4) is 0 Å². The van der Waals surface area contributed by atoms with Gasteiger partial charge in [-0.2, -0.15) is 0 Å². The molecular formula is C16H19N5O. The maximum absolute atomic E-state index is 5.50. The van der Waals surface area contributed by atoms with Gasteiger partial charge in [0.1, 0.15) is 6.61 Å². The number of aliphatic imine (C=N–C) groups is 1. The van der Waals surface area contributed by atoms with E-state index in [4.69, 9.17) is 10.5 Å². The molecule has 3 N–H and O–H groups in total. The number of rotatable bonds is 5. The molecule has 22 heavy (non-hydrogen) atoms. The second-order valence-corrected chi connectivity index (χ2v) is 5.38. The number of ether oxygens (including phenoxy) is 1. The standard InChI is InChI=1S/C16H19N5O/c1-11-8-18-16(19-9-11)21-13-5-2-12(3-6-13)4-7-14-10-22-15(17)20-14/h2-3,5-6,8-9,14H,4,7,10H2,1H3,(H2,17,20)(H,18,19,21). The van der Waals surface area contributed by atoms with Crippen molar-refractivity contribution in [3.63, 3.8) is 0 Å². The van der Waals surface area contributed by atoms with E-state index in [1.54, 1.807) is 12.4 Å². The van der Waals surface area contributed by atoms with Crippen LogP contribution in [0.3, 0.4) is 0 Å². The molecule has 0 spiro atoms. The van der Waals surface area contributed by atoms with Crippen molar-refractivity contribution in [2.24, 2.45) is 10.7 Å². The summed E-state index contributed by atoms with van der Waals surface area (Å²) in [5, 5.41) is 3.18. The SMILES string of the molecule is Cc1cnc(Nc2ccc(CCC3COC(N)=N3)cc2)nc1. The fourth-order valence-electron chi connectivity index (χ4n) is 2.26. The number of hydrogen-bond donors (Lipinski definition) is 2. The van der Waals surface area contributed by atoms with Crippen LogP contribution >= 0.6 is 0 Å². The normalized spacial score (nSPS) is 17.0. The van der Waals surface area contributed by atoms with Crippen LogP contribution in [0.15, 0.2) is 41.7 Å². The lowest BCUT2D eigenvalue weighted by Gasteiger charge is -2.07. The van der Waals surface area contributed by atoms with Gasteiger partial charge in [-0.25, -0.2) is 15.0 Å². The first kappa shape index (κ1) is 14.3. The van der Waals surface area contributed by atoms with E-state index in [0.29, 0.717) is 18.6 Å². The predicted octanol–water partition coefficient (Wildman–Crippen LogP) is 2.17. The van der Waals surface area contributed by atoms with Gasteiger partial charge < -0.3 is 15.8 Å². The van der Waals surface area contributed by atoms with Crippen molar-refractivity contribution >= 4 is 17.7 Å². The van der Waals surface area contributed by atoms with Gasteiger partial charge in [-0.3, -0.25) is 0 Å². The Hall–Kier alpha value is -2.63. The average molecular weight is 297 g/mol. The lowest BCUT2D eigenvalue weighted by Crippen LogP contribution is -2.10. The van der Waals surface area contributed by atoms with Gasteiger partial charge in [-0.1, -0.05) is 12.1 Å². The number of anilines is 2. The summed E-state index contributed by atoms with van der Waals surface area (Å²) in [4.78, 5) is 12.7. The smallest absolute Gasteiger partial charge is 0.282 e. The number of nitrogens with one attached hydrogen (secondary N) is 1. The van der Waals surface area contributed by atoms with E-state index in [9.17, 15) is 0 Å². The molecule has 1 aromatic carbocycles. The second-order valence-electron chi connectivity index (χ2n) is 5.38. The quantitative estimate of drug-likeness (QED) is 0.883. The fourth-order valence-corrected chi connectivity index (χ4v) is 2.26. The summed E-state index contributed by atoms with van der Waals surface area (Å²) in [6.07, 6.45) is 5.47. The third-order valence-corrected chi connectivity index (χ3v) is 3.49. The first-order chi connectivity index (χ1) is 10.7. The van der Waals surface area contributed by atoms with E-state index in [0.717, 1.165) is 24.1 Å². The van der Waals surface area contributed by atoms with Crippen LogP contribution in [0.4, 0.5) is 11.6 Å². The van der Waals surface area contributed by atoms with E-state index < -0.39 is 0 Å². The summed E-state index contributed by atoms with van der Waals surface area (Å²) < 4.78 is 5.15. The largest absolute Gasteiger partial charge is 0.463 e. The van der Waals surface area contributed by atoms with Crippen molar-refractivity contribution < 1.29 is 4.74 Å². The summed E-state index contributed by atoms with van der Waals surface area (Å²) >= 11 is 0. The van der Waals surface area contributed by atoms with Crippen molar-refractivity contribution in [3.05, 3.63) is 47.8 Å². The van der Waals surface area contributed by atoms with Crippen molar-refractivity contribution in [2.45, 2.75) is 25.8 Å². The van der Waals surface area contributed by atoms with Crippen LogP contribution in [0.25, 0.3) is 0 Å². The van der Waals surface area contributed by atoms with Crippen LogP contribution in [0.5, 0.6) is 0 Å². The molecule has 6 heteroatoms. The van der Waals surface area contributed by atoms with Gasteiger partial charge in [0.25, 0.3) is 6.02 Å². The maximum Gasteiger partial charge on any atom is 0.282 e. The topological polar surface area (TPSA) is 85.4 Å². The summed E-state index contributed by atoms with van der Waals surface area (Å²) in [6.45, 7) is 2.56. The van der Waals surface area contributed by atoms with Gasteiger partial charge in [-0.05, 0) is 43.0 Å². The first-order valence-electron chi connectivity index (χ1n) is 7.30. The summed E-state index contributed by atoms with van der Waals surface area (Å²) in [5.41, 5.74) is 8.78. The molecule has 0 bridgehead atoms. The molecule has 114 valence electrons. The van der Waals surface area contributed by atoms with Crippen molar-refractivity contribution in [1.82, 2.24) is 9.97 Å². The molecule has 1 aliphatic rings. The number of aromatic nitrogens is 2. The molecule has 0 fully saturated rings. The van der Waals surface area contributed by atoms with Crippen molar-refractivity contribution in [2.75, 3.05) is 11.9 Å². The minimum atomic E-state index is 0.179. The van der Waals surface area contributed by atoms with E-state index in [2.05, 4.69) is 32.4 Å². The van der Waals surface area contributed by atoms with Crippen molar-refractivity contribution in [1.29, 1.82) is 0 Å². The Morgan fingerprint density at radius 2 is 1.95 bits per heavy atom. The molecule has 2 aromatic rings. The highest BCUT2D eigenvalue weighted by Crippen LogP contribution is 2.16. The molecule has 6 nitrogen and oxygen atoms in total. The molecule has 0 saturated carbocycles. The van der Waals surface area contributed by atoms with Crippen LogP contribution in [0.2, 0.25) is 0 Å². The highest BCUT2D eigenvalue weighted by atomic mass is 16.5. The molecule has 1 aliphatic heterocycles. The van der Waals surface area contributed by atoms with Crippen LogP contribution in [0.1, 0.15) is 17.5 Å². The second kappa shape index (κ2) is 6.43. The number of amidine groups is 1. The van der Waals surface area contributed by atoms with E-state index >= 15 is 0 Å². The lowest BCUT2D eigenvalue weighted by molar-refractivity contribution is 0.308. The third kappa shape index (κ3) is 3.72. The Morgan fingerprint density at radius 3 is 2.59 bits per heavy atom. The molecule has 1 aromatic heterocycles. The molecule has 1 atom stereocenters. The minimum Gasteiger partial charge on any atom is -0.463 e. The fraction of sp³-hybridized carbons (Fsp3) is 0.312. The Bertz CT molecular complexity index is 651. The molecule has 0 radical (unpaired) electrons. The number of aryl methyl sites for hydroxylation is 2. The molecular weight excluding hydrogens is 278 g/mol. The maximum atomic E-state index is 5.50. The molecule has 2 heterocycles. The summed E-state index contributed by atoms with van der Waals surface area (Å²) in [7, 11) is 0. The third-order valence-electron chi connectivity index (χ3n) is 3.49. The molecule has 0 aliphatic carbocycles. The highest BCUT2D eigenvalue weighted by Gasteiger charge is 2.16. The number of nitrogens with two attached hydrogens (primary N) is 1. The van der Waals surface area contributed by atoms with Crippen LogP contribution < -0.4 is 11.1 Å². The highest BCUT2D eigenvalue weighted by molar-refractivity contribution is 5.73. The monoisotopic (exact) mass is 297 g/mol. The Balaban J connectivity index is 1.54.